The van der Waals surface area contributed by atoms with Crippen molar-refractivity contribution < 1.29 is 15.0 Å². The number of phenolic OH excluding ortho intramolecular Hbond substituents is 1. The fourth-order valence-corrected chi connectivity index (χ4v) is 3.04. The van der Waals surface area contributed by atoms with Gasteiger partial charge >= 0.3 is 0 Å². The van der Waals surface area contributed by atoms with Crippen LogP contribution in [-0.2, 0) is 6.61 Å². The van der Waals surface area contributed by atoms with Crippen LogP contribution < -0.4 is 5.32 Å². The van der Waals surface area contributed by atoms with Gasteiger partial charge in [0.05, 0.1) is 23.4 Å². The maximum atomic E-state index is 12.6. The number of aliphatic hydroxyl groups is 1. The summed E-state index contributed by atoms with van der Waals surface area (Å²) in [4.78, 5) is 17.1. The number of benzene rings is 2. The lowest BCUT2D eigenvalue weighted by atomic mass is 10.0. The largest absolute Gasteiger partial charge is 0.508 e. The molecule has 0 radical (unpaired) electrons. The van der Waals surface area contributed by atoms with Crippen LogP contribution in [0.3, 0.4) is 0 Å². The molecule has 0 aliphatic heterocycles. The van der Waals surface area contributed by atoms with Gasteiger partial charge in [0.15, 0.2) is 5.78 Å². The molecule has 0 bridgehead atoms. The number of nitrogens with zero attached hydrogens (tertiary/aromatic N) is 1. The molecular formula is C21H23ClN2O3. The van der Waals surface area contributed by atoms with E-state index in [4.69, 9.17) is 0 Å². The molecule has 0 fully saturated rings. The molecule has 3 N–H and O–H groups in total. The van der Waals surface area contributed by atoms with Gasteiger partial charge in [-0.2, -0.15) is 0 Å². The number of fused-ring (bicyclic) bond motifs is 1. The van der Waals surface area contributed by atoms with Gasteiger partial charge in [-0.15, -0.1) is 12.4 Å². The molecule has 3 rings (SSSR count). The van der Waals surface area contributed by atoms with Gasteiger partial charge in [-0.05, 0) is 37.1 Å². The van der Waals surface area contributed by atoms with E-state index in [0.717, 1.165) is 23.1 Å². The van der Waals surface area contributed by atoms with Crippen LogP contribution in [0.4, 0.5) is 11.4 Å². The number of phenols is 1. The molecule has 3 aromatic rings. The number of aromatic hydroxyl groups is 1. The van der Waals surface area contributed by atoms with Crippen LogP contribution >= 0.6 is 12.4 Å². The van der Waals surface area contributed by atoms with Crippen molar-refractivity contribution >= 4 is 40.5 Å². The number of hydrogen-bond donors (Lipinski definition) is 3. The minimum absolute atomic E-state index is 0. The summed E-state index contributed by atoms with van der Waals surface area (Å²) in [6, 6.07) is 10.6. The van der Waals surface area contributed by atoms with Crippen LogP contribution in [0.15, 0.2) is 42.6 Å². The molecule has 1 heterocycles. The minimum Gasteiger partial charge on any atom is -0.508 e. The van der Waals surface area contributed by atoms with Crippen molar-refractivity contribution in [2.45, 2.75) is 33.3 Å². The molecule has 0 saturated carbocycles. The highest BCUT2D eigenvalue weighted by atomic mass is 35.5. The molecule has 0 aliphatic carbocycles. The SMILES string of the molecule is CCCC(=O)c1cnc2c(CO)cccc2c1Nc1ccc(O)cc1C.Cl. The number of para-hydroxylation sites is 1. The third-order valence-electron chi connectivity index (χ3n) is 4.40. The van der Waals surface area contributed by atoms with Crippen LogP contribution in [0, 0.1) is 6.92 Å². The summed E-state index contributed by atoms with van der Waals surface area (Å²) in [5, 5.41) is 23.4. The molecule has 0 atom stereocenters. The van der Waals surface area contributed by atoms with E-state index in [9.17, 15) is 15.0 Å². The van der Waals surface area contributed by atoms with Crippen molar-refractivity contribution in [3.8, 4) is 5.75 Å². The van der Waals surface area contributed by atoms with Gasteiger partial charge in [0.25, 0.3) is 0 Å². The number of aromatic nitrogens is 1. The zero-order chi connectivity index (χ0) is 18.7. The van der Waals surface area contributed by atoms with Crippen LogP contribution in [0.1, 0.15) is 41.3 Å². The number of aryl methyl sites for hydroxylation is 1. The van der Waals surface area contributed by atoms with Gasteiger partial charge in [0.2, 0.25) is 0 Å². The topological polar surface area (TPSA) is 82.5 Å². The zero-order valence-corrected chi connectivity index (χ0v) is 16.1. The predicted octanol–water partition coefficient (Wildman–Crippen LogP) is 4.89. The molecule has 27 heavy (non-hydrogen) atoms. The minimum atomic E-state index is -0.121. The third kappa shape index (κ3) is 4.21. The first-order valence-corrected chi connectivity index (χ1v) is 8.66. The number of carbonyl (C=O) groups excluding carboxylic acids is 1. The van der Waals surface area contributed by atoms with Gasteiger partial charge in [-0.25, -0.2) is 0 Å². The summed E-state index contributed by atoms with van der Waals surface area (Å²) in [7, 11) is 0. The smallest absolute Gasteiger partial charge is 0.166 e. The number of pyridine rings is 1. The summed E-state index contributed by atoms with van der Waals surface area (Å²) in [6.07, 6.45) is 2.78. The average Bonchev–Trinajstić information content (AvgIpc) is 2.63. The summed E-state index contributed by atoms with van der Waals surface area (Å²) >= 11 is 0. The van der Waals surface area contributed by atoms with Gasteiger partial charge in [0.1, 0.15) is 5.75 Å². The van der Waals surface area contributed by atoms with E-state index in [0.29, 0.717) is 28.8 Å². The molecule has 5 nitrogen and oxygen atoms in total. The highest BCUT2D eigenvalue weighted by molar-refractivity contribution is 6.09. The second-order valence-electron chi connectivity index (χ2n) is 6.32. The maximum absolute atomic E-state index is 12.6. The van der Waals surface area contributed by atoms with Gasteiger partial charge in [-0.3, -0.25) is 9.78 Å². The highest BCUT2D eigenvalue weighted by Gasteiger charge is 2.17. The quantitative estimate of drug-likeness (QED) is 0.415. The van der Waals surface area contributed by atoms with E-state index >= 15 is 0 Å². The Kier molecular flexibility index (Phi) is 6.77. The lowest BCUT2D eigenvalue weighted by molar-refractivity contribution is 0.0982. The molecule has 6 heteroatoms. The molecule has 0 saturated heterocycles. The van der Waals surface area contributed by atoms with Crippen LogP contribution in [0.2, 0.25) is 0 Å². The lowest BCUT2D eigenvalue weighted by Crippen LogP contribution is -2.07. The van der Waals surface area contributed by atoms with Crippen molar-refractivity contribution in [2.75, 3.05) is 5.32 Å². The summed E-state index contributed by atoms with van der Waals surface area (Å²) in [6.45, 7) is 3.73. The molecule has 0 amide bonds. The zero-order valence-electron chi connectivity index (χ0n) is 15.3. The van der Waals surface area contributed by atoms with Crippen LogP contribution in [0.5, 0.6) is 5.75 Å². The lowest BCUT2D eigenvalue weighted by Gasteiger charge is -2.17. The molecular weight excluding hydrogens is 364 g/mol. The summed E-state index contributed by atoms with van der Waals surface area (Å²) in [5.41, 5.74) is 4.25. The third-order valence-corrected chi connectivity index (χ3v) is 4.40. The Balaban J connectivity index is 0.00000261. The number of nitrogens with one attached hydrogen (secondary N) is 1. The number of Topliss-reactive ketones (excluding diaryl/α,β-unsaturated/α-hetero) is 1. The van der Waals surface area contributed by atoms with E-state index < -0.39 is 0 Å². The molecule has 2 aromatic carbocycles. The van der Waals surface area contributed by atoms with Crippen molar-refractivity contribution in [3.63, 3.8) is 0 Å². The number of hydrogen-bond acceptors (Lipinski definition) is 5. The number of rotatable bonds is 6. The Labute approximate surface area is 164 Å². The van der Waals surface area contributed by atoms with Crippen molar-refractivity contribution in [3.05, 3.63) is 59.3 Å². The number of halogens is 1. The summed E-state index contributed by atoms with van der Waals surface area (Å²) in [5.74, 6) is 0.215. The maximum Gasteiger partial charge on any atom is 0.166 e. The second-order valence-corrected chi connectivity index (χ2v) is 6.32. The van der Waals surface area contributed by atoms with E-state index in [1.807, 2.05) is 32.0 Å². The second kappa shape index (κ2) is 8.84. The Morgan fingerprint density at radius 1 is 1.22 bits per heavy atom. The predicted molar refractivity (Wildman–Crippen MR) is 110 cm³/mol. The van der Waals surface area contributed by atoms with Gasteiger partial charge in [-0.1, -0.05) is 25.1 Å². The Bertz CT molecular complexity index is 973. The van der Waals surface area contributed by atoms with Crippen molar-refractivity contribution in [1.29, 1.82) is 0 Å². The first kappa shape index (κ1) is 20.7. The van der Waals surface area contributed by atoms with Crippen LogP contribution in [0.25, 0.3) is 10.9 Å². The van der Waals surface area contributed by atoms with Crippen molar-refractivity contribution in [1.82, 2.24) is 4.98 Å². The fourth-order valence-electron chi connectivity index (χ4n) is 3.04. The Morgan fingerprint density at radius 2 is 2.00 bits per heavy atom. The van der Waals surface area contributed by atoms with E-state index in [1.54, 1.807) is 24.4 Å². The first-order valence-electron chi connectivity index (χ1n) is 8.66. The molecule has 142 valence electrons. The number of carbonyl (C=O) groups is 1. The van der Waals surface area contributed by atoms with E-state index in [1.165, 1.54) is 0 Å². The highest BCUT2D eigenvalue weighted by Crippen LogP contribution is 2.33. The molecule has 0 aliphatic rings. The number of aliphatic hydroxyl groups excluding tert-OH is 1. The van der Waals surface area contributed by atoms with Crippen molar-refractivity contribution in [2.24, 2.45) is 0 Å². The Hall–Kier alpha value is -2.63. The summed E-state index contributed by atoms with van der Waals surface area (Å²) < 4.78 is 0. The van der Waals surface area contributed by atoms with Gasteiger partial charge < -0.3 is 15.5 Å². The monoisotopic (exact) mass is 386 g/mol. The number of ketones is 1. The van der Waals surface area contributed by atoms with Gasteiger partial charge in [0, 0.05) is 29.3 Å². The Morgan fingerprint density at radius 3 is 2.67 bits per heavy atom. The van der Waals surface area contributed by atoms with E-state index in [2.05, 4.69) is 10.3 Å². The molecule has 0 spiro atoms. The molecule has 0 unspecified atom stereocenters. The fraction of sp³-hybridized carbons (Fsp3) is 0.238. The van der Waals surface area contributed by atoms with Crippen LogP contribution in [-0.4, -0.2) is 21.0 Å². The normalized spacial score (nSPS) is 10.5. The average molecular weight is 387 g/mol. The molecule has 1 aromatic heterocycles. The standard InChI is InChI=1S/C21H22N2O3.ClH/c1-3-5-19(26)17-11-22-20-14(12-24)6-4-7-16(20)21(17)23-18-9-8-15(25)10-13(18)2;/h4,6-11,24-25H,3,5,12H2,1-2H3,(H,22,23);1H. The first-order chi connectivity index (χ1) is 12.5. The number of anilines is 2. The van der Waals surface area contributed by atoms with E-state index in [-0.39, 0.29) is 30.5 Å².